The monoisotopic (exact) mass is 388 g/mol. The minimum Gasteiger partial charge on any atom is -0.312 e. The fourth-order valence-corrected chi connectivity index (χ4v) is 4.00. The summed E-state index contributed by atoms with van der Waals surface area (Å²) >= 11 is 0. The van der Waals surface area contributed by atoms with E-state index in [1.165, 1.54) is 12.1 Å². The summed E-state index contributed by atoms with van der Waals surface area (Å²) in [4.78, 5) is 15.0. The molecule has 0 radical (unpaired) electrons. The molecule has 1 aliphatic heterocycles. The van der Waals surface area contributed by atoms with Crippen molar-refractivity contribution in [1.82, 2.24) is 9.78 Å². The van der Waals surface area contributed by atoms with E-state index >= 15 is 0 Å². The average molecular weight is 388 g/mol. The maximum atomic E-state index is 13.2. The summed E-state index contributed by atoms with van der Waals surface area (Å²) < 4.78 is 15.0. The molecule has 0 atom stereocenters. The molecule has 1 aliphatic rings. The Labute approximate surface area is 169 Å². The third kappa shape index (κ3) is 3.40. The number of halogens is 1. The molecule has 0 unspecified atom stereocenters. The molecular formula is C23H21FN4O. The number of carbonyl (C=O) groups is 1. The van der Waals surface area contributed by atoms with Crippen molar-refractivity contribution in [2.45, 2.75) is 33.1 Å². The van der Waals surface area contributed by atoms with E-state index in [4.69, 9.17) is 0 Å². The van der Waals surface area contributed by atoms with E-state index in [1.807, 2.05) is 26.0 Å². The van der Waals surface area contributed by atoms with Crippen LogP contribution in [0.15, 0.2) is 42.5 Å². The first-order valence-electron chi connectivity index (χ1n) is 9.63. The molecule has 0 spiro atoms. The molecule has 0 saturated heterocycles. The van der Waals surface area contributed by atoms with Gasteiger partial charge in [0.05, 0.1) is 29.4 Å². The van der Waals surface area contributed by atoms with Crippen LogP contribution in [0.5, 0.6) is 0 Å². The lowest BCUT2D eigenvalue weighted by Gasteiger charge is -2.30. The molecule has 1 amide bonds. The van der Waals surface area contributed by atoms with Crippen molar-refractivity contribution in [2.24, 2.45) is 0 Å². The van der Waals surface area contributed by atoms with Crippen LogP contribution in [-0.4, -0.2) is 22.2 Å². The van der Waals surface area contributed by atoms with Gasteiger partial charge in [0, 0.05) is 23.5 Å². The molecule has 6 heteroatoms. The van der Waals surface area contributed by atoms with Crippen molar-refractivity contribution >= 4 is 11.6 Å². The Bertz CT molecular complexity index is 1130. The molecule has 3 aromatic rings. The quantitative estimate of drug-likeness (QED) is 0.681. The molecule has 1 aromatic heterocycles. The fraction of sp³-hybridized carbons (Fsp3) is 0.261. The van der Waals surface area contributed by atoms with Gasteiger partial charge in [-0.25, -0.2) is 9.07 Å². The summed E-state index contributed by atoms with van der Waals surface area (Å²) in [5.41, 5.74) is 5.70. The van der Waals surface area contributed by atoms with E-state index in [-0.39, 0.29) is 18.1 Å². The molecule has 4 rings (SSSR count). The van der Waals surface area contributed by atoms with E-state index in [0.717, 1.165) is 46.7 Å². The van der Waals surface area contributed by atoms with Gasteiger partial charge in [0.25, 0.3) is 0 Å². The number of aryl methyl sites for hydroxylation is 1. The number of hydrogen-bond donors (Lipinski definition) is 0. The van der Waals surface area contributed by atoms with Gasteiger partial charge >= 0.3 is 0 Å². The topological polar surface area (TPSA) is 61.9 Å². The lowest BCUT2D eigenvalue weighted by atomic mass is 9.96. The predicted octanol–water partition coefficient (Wildman–Crippen LogP) is 4.02. The fourth-order valence-electron chi connectivity index (χ4n) is 4.00. The number of carbonyl (C=O) groups excluding carboxylic acids is 1. The second-order valence-corrected chi connectivity index (χ2v) is 7.28. The predicted molar refractivity (Wildman–Crippen MR) is 109 cm³/mol. The molecule has 0 N–H and O–H groups in total. The van der Waals surface area contributed by atoms with Gasteiger partial charge in [-0.3, -0.25) is 4.79 Å². The second kappa shape index (κ2) is 7.51. The number of hydrogen-bond acceptors (Lipinski definition) is 3. The highest BCUT2D eigenvalue weighted by molar-refractivity contribution is 5.96. The summed E-state index contributed by atoms with van der Waals surface area (Å²) in [6.45, 7) is 4.45. The van der Waals surface area contributed by atoms with Crippen molar-refractivity contribution in [3.8, 4) is 11.8 Å². The Morgan fingerprint density at radius 1 is 1.21 bits per heavy atom. The molecule has 0 saturated carbocycles. The van der Waals surface area contributed by atoms with Crippen LogP contribution in [0.4, 0.5) is 10.1 Å². The third-order valence-electron chi connectivity index (χ3n) is 5.51. The highest BCUT2D eigenvalue weighted by Crippen LogP contribution is 2.30. The Morgan fingerprint density at radius 2 is 1.97 bits per heavy atom. The highest BCUT2D eigenvalue weighted by Gasteiger charge is 2.26. The van der Waals surface area contributed by atoms with E-state index in [2.05, 4.69) is 11.2 Å². The van der Waals surface area contributed by atoms with Crippen LogP contribution in [0.2, 0.25) is 0 Å². The molecule has 2 aromatic carbocycles. The SMILES string of the molecule is Cc1nn(-c2ccc(F)cc2)c(C)c1CC(=O)N1CCCc2c(C#N)cccc21. The Hall–Kier alpha value is -3.46. The van der Waals surface area contributed by atoms with Gasteiger partial charge in [-0.05, 0) is 68.7 Å². The van der Waals surface area contributed by atoms with Crippen LogP contribution in [0.3, 0.4) is 0 Å². The first-order chi connectivity index (χ1) is 14.0. The van der Waals surface area contributed by atoms with Crippen molar-refractivity contribution in [2.75, 3.05) is 11.4 Å². The van der Waals surface area contributed by atoms with Gasteiger partial charge in [-0.1, -0.05) is 6.07 Å². The maximum absolute atomic E-state index is 13.2. The van der Waals surface area contributed by atoms with Gasteiger partial charge in [-0.15, -0.1) is 0 Å². The lowest BCUT2D eigenvalue weighted by Crippen LogP contribution is -2.37. The molecule has 0 bridgehead atoms. The molecule has 0 fully saturated rings. The summed E-state index contributed by atoms with van der Waals surface area (Å²) in [7, 11) is 0. The molecule has 0 aliphatic carbocycles. The van der Waals surface area contributed by atoms with Crippen LogP contribution in [0.1, 0.15) is 34.5 Å². The minimum absolute atomic E-state index is 0.00843. The van der Waals surface area contributed by atoms with Gasteiger partial charge < -0.3 is 4.90 Å². The van der Waals surface area contributed by atoms with Crippen LogP contribution >= 0.6 is 0 Å². The third-order valence-corrected chi connectivity index (χ3v) is 5.51. The highest BCUT2D eigenvalue weighted by atomic mass is 19.1. The zero-order chi connectivity index (χ0) is 20.5. The van der Waals surface area contributed by atoms with Crippen molar-refractivity contribution in [1.29, 1.82) is 5.26 Å². The molecule has 146 valence electrons. The Balaban J connectivity index is 1.64. The summed E-state index contributed by atoms with van der Waals surface area (Å²) in [6.07, 6.45) is 1.88. The zero-order valence-electron chi connectivity index (χ0n) is 16.4. The number of fused-ring (bicyclic) bond motifs is 1. The van der Waals surface area contributed by atoms with Crippen molar-refractivity contribution < 1.29 is 9.18 Å². The van der Waals surface area contributed by atoms with E-state index in [1.54, 1.807) is 27.8 Å². The van der Waals surface area contributed by atoms with E-state index < -0.39 is 0 Å². The van der Waals surface area contributed by atoms with Gasteiger partial charge in [-0.2, -0.15) is 10.4 Å². The molecular weight excluding hydrogens is 367 g/mol. The van der Waals surface area contributed by atoms with Gasteiger partial charge in [0.2, 0.25) is 5.91 Å². The lowest BCUT2D eigenvalue weighted by molar-refractivity contribution is -0.118. The number of nitriles is 1. The number of nitrogens with zero attached hydrogens (tertiary/aromatic N) is 4. The molecule has 29 heavy (non-hydrogen) atoms. The molecule has 5 nitrogen and oxygen atoms in total. The second-order valence-electron chi connectivity index (χ2n) is 7.28. The molecule has 2 heterocycles. The van der Waals surface area contributed by atoms with E-state index in [9.17, 15) is 14.4 Å². The van der Waals surface area contributed by atoms with Crippen LogP contribution in [-0.2, 0) is 17.6 Å². The number of benzene rings is 2. The van der Waals surface area contributed by atoms with Crippen molar-refractivity contribution in [3.63, 3.8) is 0 Å². The Morgan fingerprint density at radius 3 is 2.69 bits per heavy atom. The first-order valence-corrected chi connectivity index (χ1v) is 9.63. The van der Waals surface area contributed by atoms with Gasteiger partial charge in [0.1, 0.15) is 5.82 Å². The minimum atomic E-state index is -0.300. The Kier molecular flexibility index (Phi) is 4.89. The number of amides is 1. The maximum Gasteiger partial charge on any atom is 0.231 e. The summed E-state index contributed by atoms with van der Waals surface area (Å²) in [6, 6.07) is 13.9. The van der Waals surface area contributed by atoms with Crippen LogP contribution < -0.4 is 4.90 Å². The van der Waals surface area contributed by atoms with Crippen LogP contribution in [0, 0.1) is 31.0 Å². The standard InChI is InChI=1S/C23H21FN4O/c1-15-21(16(2)28(26-15)19-10-8-18(24)9-11-19)13-23(29)27-12-4-6-20-17(14-25)5-3-7-22(20)27/h3,5,7-11H,4,6,12-13H2,1-2H3. The summed E-state index contributed by atoms with van der Waals surface area (Å²) in [5, 5.41) is 13.9. The zero-order valence-corrected chi connectivity index (χ0v) is 16.4. The number of aromatic nitrogens is 2. The normalized spacial score (nSPS) is 13.1. The average Bonchev–Trinajstić information content (AvgIpc) is 3.01. The van der Waals surface area contributed by atoms with Crippen molar-refractivity contribution in [3.05, 3.63) is 76.4 Å². The smallest absolute Gasteiger partial charge is 0.231 e. The first kappa shape index (κ1) is 18.9. The van der Waals surface area contributed by atoms with Crippen LogP contribution in [0.25, 0.3) is 5.69 Å². The summed E-state index contributed by atoms with van der Waals surface area (Å²) in [5.74, 6) is -0.308. The largest absolute Gasteiger partial charge is 0.312 e. The van der Waals surface area contributed by atoms with E-state index in [0.29, 0.717) is 12.1 Å². The number of anilines is 1. The number of rotatable bonds is 3. The van der Waals surface area contributed by atoms with Gasteiger partial charge in [0.15, 0.2) is 0 Å².